The fraction of sp³-hybridized carbons (Fsp3) is 0.241. The number of ether oxygens (including phenoxy) is 2. The van der Waals surface area contributed by atoms with Crippen LogP contribution in [0, 0.1) is 13.8 Å². The second kappa shape index (κ2) is 11.1. The van der Waals surface area contributed by atoms with Gasteiger partial charge < -0.3 is 19.5 Å². The Hall–Kier alpha value is -3.42. The summed E-state index contributed by atoms with van der Waals surface area (Å²) in [5, 5.41) is 11.2. The van der Waals surface area contributed by atoms with Gasteiger partial charge in [-0.25, -0.2) is 0 Å². The van der Waals surface area contributed by atoms with E-state index in [1.807, 2.05) is 62.4 Å². The van der Waals surface area contributed by atoms with Gasteiger partial charge in [0, 0.05) is 23.7 Å². The summed E-state index contributed by atoms with van der Waals surface area (Å²) >= 11 is 3.45. The number of Topliss-reactive ketones (excluding diaryl/α,β-unsaturated/α-hetero) is 1. The molecule has 0 aromatic heterocycles. The fourth-order valence-corrected chi connectivity index (χ4v) is 4.44. The zero-order valence-corrected chi connectivity index (χ0v) is 22.0. The number of rotatable bonds is 8. The number of halogens is 1. The summed E-state index contributed by atoms with van der Waals surface area (Å²) in [5.41, 5.74) is 4.38. The molecule has 1 heterocycles. The van der Waals surface area contributed by atoms with Crippen LogP contribution in [0.1, 0.15) is 33.9 Å². The third-order valence-electron chi connectivity index (χ3n) is 6.23. The highest BCUT2D eigenvalue weighted by Gasteiger charge is 2.45. The van der Waals surface area contributed by atoms with Crippen molar-refractivity contribution in [3.8, 4) is 5.75 Å². The first-order chi connectivity index (χ1) is 17.3. The molecule has 0 aliphatic carbocycles. The van der Waals surface area contributed by atoms with Crippen molar-refractivity contribution < 1.29 is 24.2 Å². The SMILES string of the molecule is COCCN1C(=O)C(=O)/C(=C(\O)c2ccc(Br)c(C)c2)C1c1ccc(OCc2ccc(C)cc2)cc1. The molecule has 186 valence electrons. The van der Waals surface area contributed by atoms with Crippen LogP contribution >= 0.6 is 15.9 Å². The number of aryl methyl sites for hydroxylation is 2. The van der Waals surface area contributed by atoms with E-state index < -0.39 is 17.7 Å². The molecule has 1 fully saturated rings. The Morgan fingerprint density at radius 1 is 1.00 bits per heavy atom. The van der Waals surface area contributed by atoms with E-state index in [-0.39, 0.29) is 24.5 Å². The smallest absolute Gasteiger partial charge is 0.295 e. The van der Waals surface area contributed by atoms with Gasteiger partial charge in [-0.15, -0.1) is 0 Å². The lowest BCUT2D eigenvalue weighted by atomic mass is 9.95. The minimum absolute atomic E-state index is 0.0612. The van der Waals surface area contributed by atoms with Gasteiger partial charge in [-0.2, -0.15) is 0 Å². The lowest BCUT2D eigenvalue weighted by Crippen LogP contribution is -2.32. The van der Waals surface area contributed by atoms with Crippen LogP contribution in [0.15, 0.2) is 76.8 Å². The lowest BCUT2D eigenvalue weighted by molar-refractivity contribution is -0.140. The summed E-state index contributed by atoms with van der Waals surface area (Å²) < 4.78 is 12.0. The number of amides is 1. The van der Waals surface area contributed by atoms with Crippen molar-refractivity contribution >= 4 is 33.4 Å². The average molecular weight is 550 g/mol. The fourth-order valence-electron chi connectivity index (χ4n) is 4.19. The van der Waals surface area contributed by atoms with Crippen molar-refractivity contribution in [3.05, 3.63) is 105 Å². The van der Waals surface area contributed by atoms with Crippen molar-refractivity contribution in [3.63, 3.8) is 0 Å². The molecular weight excluding hydrogens is 522 g/mol. The molecule has 1 aliphatic heterocycles. The van der Waals surface area contributed by atoms with Crippen molar-refractivity contribution in [2.45, 2.75) is 26.5 Å². The maximum absolute atomic E-state index is 13.1. The normalized spacial score (nSPS) is 17.0. The van der Waals surface area contributed by atoms with E-state index in [4.69, 9.17) is 9.47 Å². The van der Waals surface area contributed by atoms with Crippen molar-refractivity contribution in [2.75, 3.05) is 20.3 Å². The van der Waals surface area contributed by atoms with Crippen LogP contribution in [-0.2, 0) is 20.9 Å². The van der Waals surface area contributed by atoms with Gasteiger partial charge in [0.25, 0.3) is 11.7 Å². The summed E-state index contributed by atoms with van der Waals surface area (Å²) in [7, 11) is 1.54. The minimum atomic E-state index is -0.741. The molecular formula is C29H28BrNO5. The first kappa shape index (κ1) is 25.7. The number of ketones is 1. The molecule has 4 rings (SSSR count). The number of methoxy groups -OCH3 is 1. The quantitative estimate of drug-likeness (QED) is 0.221. The third-order valence-corrected chi connectivity index (χ3v) is 7.12. The molecule has 1 aliphatic rings. The van der Waals surface area contributed by atoms with E-state index in [0.717, 1.165) is 15.6 Å². The monoisotopic (exact) mass is 549 g/mol. The maximum Gasteiger partial charge on any atom is 0.295 e. The Bertz CT molecular complexity index is 1300. The van der Waals surface area contributed by atoms with E-state index in [2.05, 4.69) is 15.9 Å². The average Bonchev–Trinajstić information content (AvgIpc) is 3.13. The standard InChI is InChI=1S/C29H28BrNO5/c1-18-4-6-20(7-5-18)17-36-23-11-8-21(9-12-23)26-25(28(33)29(34)31(26)14-15-35-3)27(32)22-10-13-24(30)19(2)16-22/h4-13,16,26,32H,14-15,17H2,1-3H3/b27-25-. The second-order valence-electron chi connectivity index (χ2n) is 8.79. The van der Waals surface area contributed by atoms with Crippen LogP contribution in [0.3, 0.4) is 0 Å². The number of likely N-dealkylation sites (tertiary alicyclic amines) is 1. The first-order valence-corrected chi connectivity index (χ1v) is 12.4. The molecule has 3 aromatic carbocycles. The Morgan fingerprint density at radius 2 is 1.69 bits per heavy atom. The van der Waals surface area contributed by atoms with E-state index >= 15 is 0 Å². The number of aliphatic hydroxyl groups excluding tert-OH is 1. The van der Waals surface area contributed by atoms with Crippen molar-refractivity contribution in [1.82, 2.24) is 4.90 Å². The molecule has 1 N–H and O–H groups in total. The van der Waals surface area contributed by atoms with E-state index in [0.29, 0.717) is 23.5 Å². The molecule has 0 radical (unpaired) electrons. The molecule has 3 aromatic rings. The van der Waals surface area contributed by atoms with Gasteiger partial charge in [0.2, 0.25) is 0 Å². The Kier molecular flexibility index (Phi) is 7.91. The molecule has 1 amide bonds. The molecule has 36 heavy (non-hydrogen) atoms. The number of carbonyl (C=O) groups is 2. The topological polar surface area (TPSA) is 76.1 Å². The summed E-state index contributed by atoms with van der Waals surface area (Å²) in [6.07, 6.45) is 0. The van der Waals surface area contributed by atoms with Gasteiger partial charge in [-0.1, -0.05) is 64.0 Å². The number of benzene rings is 3. The van der Waals surface area contributed by atoms with E-state index in [1.54, 1.807) is 18.2 Å². The van der Waals surface area contributed by atoms with Gasteiger partial charge in [0.1, 0.15) is 18.1 Å². The van der Waals surface area contributed by atoms with Crippen LogP contribution in [0.5, 0.6) is 5.75 Å². The Labute approximate surface area is 219 Å². The Morgan fingerprint density at radius 3 is 2.33 bits per heavy atom. The van der Waals surface area contributed by atoms with Crippen LogP contribution in [0.25, 0.3) is 5.76 Å². The number of hydrogen-bond acceptors (Lipinski definition) is 5. The summed E-state index contributed by atoms with van der Waals surface area (Å²) in [4.78, 5) is 27.5. The summed E-state index contributed by atoms with van der Waals surface area (Å²) in [6, 6.07) is 19.9. The predicted molar refractivity (Wildman–Crippen MR) is 142 cm³/mol. The van der Waals surface area contributed by atoms with Crippen LogP contribution in [0.4, 0.5) is 0 Å². The lowest BCUT2D eigenvalue weighted by Gasteiger charge is -2.25. The zero-order chi connectivity index (χ0) is 25.8. The summed E-state index contributed by atoms with van der Waals surface area (Å²) in [5.74, 6) is -0.911. The van der Waals surface area contributed by atoms with Crippen LogP contribution in [-0.4, -0.2) is 42.0 Å². The number of aliphatic hydroxyl groups is 1. The van der Waals surface area contributed by atoms with Gasteiger partial charge in [-0.3, -0.25) is 9.59 Å². The van der Waals surface area contributed by atoms with Gasteiger partial charge >= 0.3 is 0 Å². The van der Waals surface area contributed by atoms with Gasteiger partial charge in [0.15, 0.2) is 0 Å². The number of hydrogen-bond donors (Lipinski definition) is 1. The largest absolute Gasteiger partial charge is 0.507 e. The molecule has 0 bridgehead atoms. The molecule has 1 unspecified atom stereocenters. The summed E-state index contributed by atoms with van der Waals surface area (Å²) in [6.45, 7) is 4.84. The molecule has 7 heteroatoms. The van der Waals surface area contributed by atoms with Crippen LogP contribution < -0.4 is 4.74 Å². The van der Waals surface area contributed by atoms with Gasteiger partial charge in [0.05, 0.1) is 18.2 Å². The van der Waals surface area contributed by atoms with Gasteiger partial charge in [-0.05, 0) is 54.8 Å². The van der Waals surface area contributed by atoms with E-state index in [9.17, 15) is 14.7 Å². The van der Waals surface area contributed by atoms with Crippen molar-refractivity contribution in [1.29, 1.82) is 0 Å². The second-order valence-corrected chi connectivity index (χ2v) is 9.65. The minimum Gasteiger partial charge on any atom is -0.507 e. The first-order valence-electron chi connectivity index (χ1n) is 11.6. The number of nitrogens with zero attached hydrogens (tertiary/aromatic N) is 1. The number of carbonyl (C=O) groups excluding carboxylic acids is 2. The molecule has 1 saturated heterocycles. The highest BCUT2D eigenvalue weighted by molar-refractivity contribution is 9.10. The highest BCUT2D eigenvalue weighted by atomic mass is 79.9. The Balaban J connectivity index is 1.67. The van der Waals surface area contributed by atoms with Crippen molar-refractivity contribution in [2.24, 2.45) is 0 Å². The van der Waals surface area contributed by atoms with E-state index in [1.165, 1.54) is 17.6 Å². The molecule has 6 nitrogen and oxygen atoms in total. The zero-order valence-electron chi connectivity index (χ0n) is 20.5. The predicted octanol–water partition coefficient (Wildman–Crippen LogP) is 5.71. The molecule has 1 atom stereocenters. The molecule has 0 spiro atoms. The molecule has 0 saturated carbocycles. The van der Waals surface area contributed by atoms with Crippen LogP contribution in [0.2, 0.25) is 0 Å². The highest BCUT2D eigenvalue weighted by Crippen LogP contribution is 2.40. The third kappa shape index (κ3) is 5.37. The maximum atomic E-state index is 13.1.